The van der Waals surface area contributed by atoms with Gasteiger partial charge in [-0.25, -0.2) is 0 Å². The molecule has 1 fully saturated rings. The zero-order valence-electron chi connectivity index (χ0n) is 10.1. The fraction of sp³-hybridized carbons (Fsp3) is 0.538. The van der Waals surface area contributed by atoms with E-state index in [1.54, 1.807) is 0 Å². The molecule has 0 amide bonds. The van der Waals surface area contributed by atoms with Crippen LogP contribution in [-0.4, -0.2) is 31.8 Å². The minimum atomic E-state index is 0.246. The molecule has 0 saturated carbocycles. The van der Waals surface area contributed by atoms with Crippen LogP contribution in [0.2, 0.25) is 0 Å². The number of morpholine rings is 1. The summed E-state index contributed by atoms with van der Waals surface area (Å²) in [4.78, 5) is 2.37. The van der Waals surface area contributed by atoms with Gasteiger partial charge in [-0.15, -0.1) is 0 Å². The van der Waals surface area contributed by atoms with E-state index in [-0.39, 0.29) is 12.2 Å². The Bertz CT molecular complexity index is 372. The van der Waals surface area contributed by atoms with Gasteiger partial charge in [0.1, 0.15) is 0 Å². The summed E-state index contributed by atoms with van der Waals surface area (Å²) in [5.41, 5.74) is 6.85. The van der Waals surface area contributed by atoms with Crippen LogP contribution in [0.1, 0.15) is 13.3 Å². The molecule has 1 aromatic carbocycles. The average molecular weight is 299 g/mol. The van der Waals surface area contributed by atoms with Crippen molar-refractivity contribution >= 4 is 21.6 Å². The van der Waals surface area contributed by atoms with Crippen molar-refractivity contribution in [3.8, 4) is 0 Å². The molecule has 94 valence electrons. The highest BCUT2D eigenvalue weighted by Gasteiger charge is 2.25. The standard InChI is InChI=1S/C13H19BrN2O/c1-10-8-16(9-11(17-10)6-7-15)13-5-3-2-4-12(13)14/h2-5,10-11H,6-9,15H2,1H3. The smallest absolute Gasteiger partial charge is 0.0766 e. The van der Waals surface area contributed by atoms with Gasteiger partial charge in [0.2, 0.25) is 0 Å². The predicted octanol–water partition coefficient (Wildman–Crippen LogP) is 2.39. The summed E-state index contributed by atoms with van der Waals surface area (Å²) in [6.45, 7) is 4.65. The highest BCUT2D eigenvalue weighted by atomic mass is 79.9. The minimum absolute atomic E-state index is 0.246. The maximum Gasteiger partial charge on any atom is 0.0766 e. The fourth-order valence-electron chi connectivity index (χ4n) is 2.30. The molecule has 1 aliphatic heterocycles. The Morgan fingerprint density at radius 3 is 2.88 bits per heavy atom. The topological polar surface area (TPSA) is 38.5 Å². The van der Waals surface area contributed by atoms with E-state index in [0.29, 0.717) is 6.54 Å². The molecule has 0 radical (unpaired) electrons. The summed E-state index contributed by atoms with van der Waals surface area (Å²) < 4.78 is 7.02. The van der Waals surface area contributed by atoms with Crippen LogP contribution in [0.4, 0.5) is 5.69 Å². The van der Waals surface area contributed by atoms with E-state index in [1.807, 2.05) is 6.07 Å². The lowest BCUT2D eigenvalue weighted by Gasteiger charge is -2.38. The summed E-state index contributed by atoms with van der Waals surface area (Å²) in [6, 6.07) is 8.32. The van der Waals surface area contributed by atoms with Gasteiger partial charge >= 0.3 is 0 Å². The monoisotopic (exact) mass is 298 g/mol. The zero-order chi connectivity index (χ0) is 12.3. The lowest BCUT2D eigenvalue weighted by atomic mass is 10.1. The molecule has 1 heterocycles. The molecule has 1 aromatic rings. The number of benzene rings is 1. The Kier molecular flexibility index (Phi) is 4.42. The number of rotatable bonds is 3. The van der Waals surface area contributed by atoms with E-state index in [9.17, 15) is 0 Å². The van der Waals surface area contributed by atoms with E-state index in [0.717, 1.165) is 24.0 Å². The maximum atomic E-state index is 5.88. The molecular formula is C13H19BrN2O. The molecule has 0 spiro atoms. The molecule has 17 heavy (non-hydrogen) atoms. The Labute approximate surface area is 111 Å². The van der Waals surface area contributed by atoms with Gasteiger partial charge in [0.25, 0.3) is 0 Å². The molecule has 4 heteroatoms. The van der Waals surface area contributed by atoms with Crippen molar-refractivity contribution in [1.29, 1.82) is 0 Å². The molecule has 2 atom stereocenters. The number of hydrogen-bond acceptors (Lipinski definition) is 3. The van der Waals surface area contributed by atoms with E-state index < -0.39 is 0 Å². The maximum absolute atomic E-state index is 5.88. The summed E-state index contributed by atoms with van der Waals surface area (Å²) in [5, 5.41) is 0. The molecule has 0 aromatic heterocycles. The van der Waals surface area contributed by atoms with Crippen LogP contribution < -0.4 is 10.6 Å². The van der Waals surface area contributed by atoms with Gasteiger partial charge in [-0.3, -0.25) is 0 Å². The van der Waals surface area contributed by atoms with Crippen LogP contribution in [0.15, 0.2) is 28.7 Å². The first-order valence-electron chi connectivity index (χ1n) is 6.05. The molecule has 1 saturated heterocycles. The van der Waals surface area contributed by atoms with Crippen molar-refractivity contribution in [2.24, 2.45) is 5.73 Å². The minimum Gasteiger partial charge on any atom is -0.372 e. The van der Waals surface area contributed by atoms with Crippen LogP contribution >= 0.6 is 15.9 Å². The van der Waals surface area contributed by atoms with Crippen molar-refractivity contribution in [3.63, 3.8) is 0 Å². The van der Waals surface area contributed by atoms with Gasteiger partial charge in [0.15, 0.2) is 0 Å². The first kappa shape index (κ1) is 12.9. The van der Waals surface area contributed by atoms with E-state index >= 15 is 0 Å². The quantitative estimate of drug-likeness (QED) is 0.931. The normalized spacial score (nSPS) is 25.0. The first-order valence-corrected chi connectivity index (χ1v) is 6.85. The summed E-state index contributed by atoms with van der Waals surface area (Å²) in [6.07, 6.45) is 1.42. The molecule has 2 rings (SSSR count). The number of hydrogen-bond donors (Lipinski definition) is 1. The van der Waals surface area contributed by atoms with Gasteiger partial charge in [-0.05, 0) is 48.0 Å². The van der Waals surface area contributed by atoms with Crippen molar-refractivity contribution in [3.05, 3.63) is 28.7 Å². The molecule has 0 bridgehead atoms. The van der Waals surface area contributed by atoms with Crippen LogP contribution in [0.5, 0.6) is 0 Å². The molecule has 2 unspecified atom stereocenters. The third-order valence-corrected chi connectivity index (χ3v) is 3.68. The molecular weight excluding hydrogens is 280 g/mol. The van der Waals surface area contributed by atoms with Crippen LogP contribution in [0, 0.1) is 0 Å². The summed E-state index contributed by atoms with van der Waals surface area (Å²) in [5.74, 6) is 0. The Balaban J connectivity index is 2.12. The van der Waals surface area contributed by atoms with Crippen LogP contribution in [0.3, 0.4) is 0 Å². The number of para-hydroxylation sites is 1. The van der Waals surface area contributed by atoms with E-state index in [1.165, 1.54) is 5.69 Å². The zero-order valence-corrected chi connectivity index (χ0v) is 11.7. The highest BCUT2D eigenvalue weighted by molar-refractivity contribution is 9.10. The van der Waals surface area contributed by atoms with Crippen LogP contribution in [-0.2, 0) is 4.74 Å². The number of nitrogens with zero attached hydrogens (tertiary/aromatic N) is 1. The lowest BCUT2D eigenvalue weighted by molar-refractivity contribution is -0.0184. The second kappa shape index (κ2) is 5.85. The predicted molar refractivity (Wildman–Crippen MR) is 74.4 cm³/mol. The van der Waals surface area contributed by atoms with Crippen LogP contribution in [0.25, 0.3) is 0 Å². The van der Waals surface area contributed by atoms with Crippen molar-refractivity contribution in [2.75, 3.05) is 24.5 Å². The van der Waals surface area contributed by atoms with Gasteiger partial charge in [0.05, 0.1) is 17.9 Å². The number of nitrogens with two attached hydrogens (primary N) is 1. The summed E-state index contributed by atoms with van der Waals surface area (Å²) in [7, 11) is 0. The first-order chi connectivity index (χ1) is 8.20. The van der Waals surface area contributed by atoms with Gasteiger partial charge in [-0.2, -0.15) is 0 Å². The third-order valence-electron chi connectivity index (χ3n) is 3.01. The van der Waals surface area contributed by atoms with E-state index in [2.05, 4.69) is 46.0 Å². The SMILES string of the molecule is CC1CN(c2ccccc2Br)CC(CCN)O1. The molecule has 2 N–H and O–H groups in total. The summed E-state index contributed by atoms with van der Waals surface area (Å²) >= 11 is 3.60. The average Bonchev–Trinajstić information content (AvgIpc) is 2.29. The number of halogens is 1. The molecule has 3 nitrogen and oxygen atoms in total. The molecule has 1 aliphatic rings. The highest BCUT2D eigenvalue weighted by Crippen LogP contribution is 2.28. The van der Waals surface area contributed by atoms with Gasteiger partial charge < -0.3 is 15.4 Å². The molecule has 0 aliphatic carbocycles. The Morgan fingerprint density at radius 1 is 1.41 bits per heavy atom. The van der Waals surface area contributed by atoms with Crippen molar-refractivity contribution in [2.45, 2.75) is 25.6 Å². The fourth-order valence-corrected chi connectivity index (χ4v) is 2.83. The second-order valence-corrected chi connectivity index (χ2v) is 5.36. The lowest BCUT2D eigenvalue weighted by Crippen LogP contribution is -2.47. The largest absolute Gasteiger partial charge is 0.372 e. The Hall–Kier alpha value is -0.580. The van der Waals surface area contributed by atoms with Crippen molar-refractivity contribution in [1.82, 2.24) is 0 Å². The van der Waals surface area contributed by atoms with E-state index in [4.69, 9.17) is 10.5 Å². The van der Waals surface area contributed by atoms with Gasteiger partial charge in [-0.1, -0.05) is 12.1 Å². The number of anilines is 1. The van der Waals surface area contributed by atoms with Gasteiger partial charge in [0, 0.05) is 17.6 Å². The second-order valence-electron chi connectivity index (χ2n) is 4.50. The van der Waals surface area contributed by atoms with Crippen molar-refractivity contribution < 1.29 is 4.74 Å². The Morgan fingerprint density at radius 2 is 2.18 bits per heavy atom. The third kappa shape index (κ3) is 3.21. The number of ether oxygens (including phenoxy) is 1.